The monoisotopic (exact) mass is 316 g/mol. The van der Waals surface area contributed by atoms with Crippen molar-refractivity contribution in [3.8, 4) is 0 Å². The summed E-state index contributed by atoms with van der Waals surface area (Å²) in [4.78, 5) is 2.53. The second-order valence-electron chi connectivity index (χ2n) is 4.38. The normalized spacial score (nSPS) is 19.2. The van der Waals surface area contributed by atoms with E-state index in [0.717, 1.165) is 42.1 Å². The summed E-state index contributed by atoms with van der Waals surface area (Å²) in [6, 6.07) is 6.52. The lowest BCUT2D eigenvalue weighted by Crippen LogP contribution is -2.45. The highest BCUT2D eigenvalue weighted by Crippen LogP contribution is 2.32. The molecule has 1 aromatic rings. The minimum absolute atomic E-state index is 0.463. The summed E-state index contributed by atoms with van der Waals surface area (Å²) in [5, 5.41) is 4.21. The summed E-state index contributed by atoms with van der Waals surface area (Å²) in [5.74, 6) is 0. The van der Waals surface area contributed by atoms with Crippen molar-refractivity contribution in [1.82, 2.24) is 10.2 Å². The fourth-order valence-corrected chi connectivity index (χ4v) is 3.13. The minimum Gasteiger partial charge on any atom is -0.314 e. The highest BCUT2D eigenvalue weighted by atomic mass is 79.9. The Balaban J connectivity index is 2.24. The van der Waals surface area contributed by atoms with Crippen LogP contribution in [0.25, 0.3) is 0 Å². The third-order valence-corrected chi connectivity index (χ3v) is 4.25. The molecule has 0 bridgehead atoms. The first-order valence-electron chi connectivity index (χ1n) is 6.12. The van der Waals surface area contributed by atoms with Crippen molar-refractivity contribution in [3.63, 3.8) is 0 Å². The van der Waals surface area contributed by atoms with Gasteiger partial charge in [0.15, 0.2) is 0 Å². The number of nitrogens with one attached hydrogen (secondary N) is 1. The first kappa shape index (κ1) is 13.3. The van der Waals surface area contributed by atoms with Crippen LogP contribution in [0.5, 0.6) is 0 Å². The van der Waals surface area contributed by atoms with E-state index < -0.39 is 0 Å². The average molecular weight is 318 g/mol. The molecule has 1 atom stereocenters. The van der Waals surface area contributed by atoms with E-state index in [9.17, 15) is 0 Å². The maximum atomic E-state index is 6.11. The Morgan fingerprint density at radius 2 is 2.12 bits per heavy atom. The van der Waals surface area contributed by atoms with Gasteiger partial charge in [0.05, 0.1) is 0 Å². The van der Waals surface area contributed by atoms with E-state index in [-0.39, 0.29) is 0 Å². The van der Waals surface area contributed by atoms with Gasteiger partial charge < -0.3 is 5.32 Å². The fourth-order valence-electron chi connectivity index (χ4n) is 2.44. The lowest BCUT2D eigenvalue weighted by molar-refractivity contribution is 0.169. The molecule has 4 heteroatoms. The molecule has 1 heterocycles. The largest absolute Gasteiger partial charge is 0.314 e. The van der Waals surface area contributed by atoms with Gasteiger partial charge in [-0.1, -0.05) is 34.5 Å². The van der Waals surface area contributed by atoms with E-state index in [1.165, 1.54) is 5.56 Å². The number of benzene rings is 1. The Kier molecular flexibility index (Phi) is 4.86. The number of halogens is 2. The van der Waals surface area contributed by atoms with Crippen LogP contribution in [0.15, 0.2) is 22.7 Å². The summed E-state index contributed by atoms with van der Waals surface area (Å²) in [5.41, 5.74) is 1.31. The van der Waals surface area contributed by atoms with Gasteiger partial charge in [0.1, 0.15) is 0 Å². The van der Waals surface area contributed by atoms with Gasteiger partial charge in [0, 0.05) is 41.7 Å². The van der Waals surface area contributed by atoms with E-state index in [2.05, 4.69) is 39.1 Å². The Bertz CT molecular complexity index is 378. The number of rotatable bonds is 3. The smallest absolute Gasteiger partial charge is 0.0410 e. The molecule has 1 N–H and O–H groups in total. The molecule has 1 aliphatic heterocycles. The molecule has 17 heavy (non-hydrogen) atoms. The lowest BCUT2D eigenvalue weighted by Gasteiger charge is -2.35. The topological polar surface area (TPSA) is 15.3 Å². The Labute approximate surface area is 116 Å². The molecule has 0 amide bonds. The molecule has 0 aromatic heterocycles. The van der Waals surface area contributed by atoms with E-state index in [1.807, 2.05) is 12.1 Å². The third kappa shape index (κ3) is 3.22. The van der Waals surface area contributed by atoms with Crippen LogP contribution >= 0.6 is 27.5 Å². The van der Waals surface area contributed by atoms with Crippen molar-refractivity contribution in [1.29, 1.82) is 0 Å². The van der Waals surface area contributed by atoms with E-state index >= 15 is 0 Å². The van der Waals surface area contributed by atoms with Crippen LogP contribution in [0.3, 0.4) is 0 Å². The molecular formula is C13H18BrClN2. The zero-order valence-corrected chi connectivity index (χ0v) is 12.4. The summed E-state index contributed by atoms with van der Waals surface area (Å²) in [6.07, 6.45) is 1.11. The molecule has 0 aliphatic carbocycles. The molecule has 2 rings (SSSR count). The number of hydrogen-bond donors (Lipinski definition) is 1. The van der Waals surface area contributed by atoms with Gasteiger partial charge >= 0.3 is 0 Å². The standard InChI is InChI=1S/C13H18BrClN2/c1-2-13(17-7-5-16-6-8-17)11-9-10(15)3-4-12(11)14/h3-4,9,13,16H,2,5-8H2,1H3/t13-/m1/s1. The van der Waals surface area contributed by atoms with Crippen LogP contribution in [-0.2, 0) is 0 Å². The minimum atomic E-state index is 0.463. The summed E-state index contributed by atoms with van der Waals surface area (Å²) in [6.45, 7) is 6.61. The quantitative estimate of drug-likeness (QED) is 0.918. The SMILES string of the molecule is CC[C@H](c1cc(Cl)ccc1Br)N1CCNCC1. The van der Waals surface area contributed by atoms with Crippen molar-refractivity contribution >= 4 is 27.5 Å². The predicted octanol–water partition coefficient (Wildman–Crippen LogP) is 3.46. The highest BCUT2D eigenvalue weighted by molar-refractivity contribution is 9.10. The van der Waals surface area contributed by atoms with Gasteiger partial charge in [-0.15, -0.1) is 0 Å². The molecule has 1 aromatic carbocycles. The van der Waals surface area contributed by atoms with Gasteiger partial charge in [-0.2, -0.15) is 0 Å². The Morgan fingerprint density at radius 3 is 2.76 bits per heavy atom. The van der Waals surface area contributed by atoms with Gasteiger partial charge in [-0.25, -0.2) is 0 Å². The third-order valence-electron chi connectivity index (χ3n) is 3.30. The molecule has 2 nitrogen and oxygen atoms in total. The van der Waals surface area contributed by atoms with Crippen LogP contribution in [0.2, 0.25) is 5.02 Å². The van der Waals surface area contributed by atoms with Gasteiger partial charge in [0.2, 0.25) is 0 Å². The summed E-state index contributed by atoms with van der Waals surface area (Å²) < 4.78 is 1.16. The molecule has 1 saturated heterocycles. The van der Waals surface area contributed by atoms with Gasteiger partial charge in [0.25, 0.3) is 0 Å². The van der Waals surface area contributed by atoms with Crippen LogP contribution in [-0.4, -0.2) is 31.1 Å². The number of hydrogen-bond acceptors (Lipinski definition) is 2. The van der Waals surface area contributed by atoms with Crippen molar-refractivity contribution in [2.75, 3.05) is 26.2 Å². The lowest BCUT2D eigenvalue weighted by atomic mass is 10.0. The summed E-state index contributed by atoms with van der Waals surface area (Å²) >= 11 is 9.74. The maximum Gasteiger partial charge on any atom is 0.0410 e. The zero-order chi connectivity index (χ0) is 12.3. The molecule has 0 saturated carbocycles. The molecule has 1 fully saturated rings. The first-order chi connectivity index (χ1) is 8.22. The molecule has 1 aliphatic rings. The molecule has 0 spiro atoms. The van der Waals surface area contributed by atoms with E-state index in [0.29, 0.717) is 6.04 Å². The average Bonchev–Trinajstić information content (AvgIpc) is 2.36. The van der Waals surface area contributed by atoms with Gasteiger partial charge in [-0.05, 0) is 30.2 Å². The molecule has 0 radical (unpaired) electrons. The van der Waals surface area contributed by atoms with Crippen LogP contribution in [0.1, 0.15) is 24.9 Å². The maximum absolute atomic E-state index is 6.11. The van der Waals surface area contributed by atoms with E-state index in [4.69, 9.17) is 11.6 Å². The van der Waals surface area contributed by atoms with Crippen molar-refractivity contribution < 1.29 is 0 Å². The fraction of sp³-hybridized carbons (Fsp3) is 0.538. The first-order valence-corrected chi connectivity index (χ1v) is 7.29. The van der Waals surface area contributed by atoms with Crippen molar-refractivity contribution in [2.24, 2.45) is 0 Å². The molecular weight excluding hydrogens is 300 g/mol. The van der Waals surface area contributed by atoms with Crippen molar-refractivity contribution in [3.05, 3.63) is 33.3 Å². The highest BCUT2D eigenvalue weighted by Gasteiger charge is 2.22. The Morgan fingerprint density at radius 1 is 1.41 bits per heavy atom. The number of nitrogens with zero attached hydrogens (tertiary/aromatic N) is 1. The van der Waals surface area contributed by atoms with E-state index in [1.54, 1.807) is 0 Å². The molecule has 0 unspecified atom stereocenters. The zero-order valence-electron chi connectivity index (χ0n) is 10.0. The second-order valence-corrected chi connectivity index (χ2v) is 5.67. The van der Waals surface area contributed by atoms with Crippen molar-refractivity contribution in [2.45, 2.75) is 19.4 Å². The molecule has 94 valence electrons. The van der Waals surface area contributed by atoms with Crippen LogP contribution in [0, 0.1) is 0 Å². The van der Waals surface area contributed by atoms with Crippen LogP contribution < -0.4 is 5.32 Å². The summed E-state index contributed by atoms with van der Waals surface area (Å²) in [7, 11) is 0. The number of piperazine rings is 1. The second kappa shape index (κ2) is 6.19. The van der Waals surface area contributed by atoms with Crippen LogP contribution in [0.4, 0.5) is 0 Å². The predicted molar refractivity (Wildman–Crippen MR) is 76.6 cm³/mol. The van der Waals surface area contributed by atoms with Gasteiger partial charge in [-0.3, -0.25) is 4.90 Å². The Hall–Kier alpha value is -0.0900.